The summed E-state index contributed by atoms with van der Waals surface area (Å²) in [5, 5.41) is 13.4. The zero-order valence-electron chi connectivity index (χ0n) is 13.2. The minimum atomic E-state index is 0.224. The molecule has 116 valence electrons. The van der Waals surface area contributed by atoms with E-state index in [0.717, 1.165) is 28.2 Å². The molecule has 0 aliphatic heterocycles. The molecule has 0 saturated carbocycles. The van der Waals surface area contributed by atoms with E-state index >= 15 is 0 Å². The summed E-state index contributed by atoms with van der Waals surface area (Å²) >= 11 is 0. The monoisotopic (exact) mass is 305 g/mol. The van der Waals surface area contributed by atoms with Crippen molar-refractivity contribution < 1.29 is 5.11 Å². The number of pyridine rings is 1. The van der Waals surface area contributed by atoms with Gasteiger partial charge in [-0.2, -0.15) is 0 Å². The van der Waals surface area contributed by atoms with Crippen LogP contribution in [0, 0.1) is 0 Å². The molecule has 0 spiro atoms. The Morgan fingerprint density at radius 1 is 0.957 bits per heavy atom. The first kappa shape index (κ1) is 14.9. The van der Waals surface area contributed by atoms with Gasteiger partial charge in [0.15, 0.2) is 0 Å². The van der Waals surface area contributed by atoms with Crippen LogP contribution in [-0.4, -0.2) is 24.2 Å². The number of hydrogen-bond donors (Lipinski definition) is 2. The van der Waals surface area contributed by atoms with Crippen LogP contribution in [-0.2, 0) is 0 Å². The van der Waals surface area contributed by atoms with Crippen molar-refractivity contribution in [1.82, 2.24) is 4.98 Å². The van der Waals surface area contributed by atoms with Crippen LogP contribution >= 0.6 is 0 Å². The number of phenols is 1. The fourth-order valence-electron chi connectivity index (χ4n) is 2.55. The Morgan fingerprint density at radius 3 is 2.52 bits per heavy atom. The second-order valence-electron chi connectivity index (χ2n) is 5.55. The maximum absolute atomic E-state index is 10.1. The van der Waals surface area contributed by atoms with Crippen LogP contribution in [0.5, 0.6) is 5.75 Å². The van der Waals surface area contributed by atoms with Crippen LogP contribution in [0.25, 0.3) is 11.1 Å². The first-order chi connectivity index (χ1) is 11.1. The Morgan fingerprint density at radius 2 is 1.78 bits per heavy atom. The van der Waals surface area contributed by atoms with Crippen LogP contribution in [0.3, 0.4) is 0 Å². The molecule has 0 unspecified atom stereocenters. The van der Waals surface area contributed by atoms with Gasteiger partial charge in [0.25, 0.3) is 0 Å². The van der Waals surface area contributed by atoms with Crippen LogP contribution in [0.15, 0.2) is 67.0 Å². The molecule has 0 fully saturated rings. The molecule has 3 rings (SSSR count). The minimum absolute atomic E-state index is 0.224. The Balaban J connectivity index is 2.01. The number of benzene rings is 2. The van der Waals surface area contributed by atoms with Gasteiger partial charge < -0.3 is 15.3 Å². The number of nitrogens with zero attached hydrogens (tertiary/aromatic N) is 2. The number of anilines is 3. The fourth-order valence-corrected chi connectivity index (χ4v) is 2.55. The summed E-state index contributed by atoms with van der Waals surface area (Å²) in [6, 6.07) is 17.4. The molecule has 4 nitrogen and oxygen atoms in total. The second kappa shape index (κ2) is 6.40. The van der Waals surface area contributed by atoms with E-state index in [1.54, 1.807) is 24.5 Å². The van der Waals surface area contributed by atoms with E-state index in [1.807, 2.05) is 44.4 Å². The third kappa shape index (κ3) is 3.43. The van der Waals surface area contributed by atoms with Gasteiger partial charge in [-0.05, 0) is 35.9 Å². The molecule has 2 N–H and O–H groups in total. The molecule has 1 aromatic heterocycles. The number of para-hydroxylation sites is 1. The van der Waals surface area contributed by atoms with Crippen LogP contribution in [0.4, 0.5) is 17.1 Å². The summed E-state index contributed by atoms with van der Waals surface area (Å²) < 4.78 is 0. The smallest absolute Gasteiger partial charge is 0.118 e. The van der Waals surface area contributed by atoms with E-state index < -0.39 is 0 Å². The van der Waals surface area contributed by atoms with Crippen LogP contribution < -0.4 is 10.2 Å². The average Bonchev–Trinajstić information content (AvgIpc) is 2.55. The molecule has 0 radical (unpaired) electrons. The highest BCUT2D eigenvalue weighted by molar-refractivity contribution is 5.81. The zero-order chi connectivity index (χ0) is 16.2. The quantitative estimate of drug-likeness (QED) is 0.756. The molecule has 4 heteroatoms. The molecule has 0 amide bonds. The summed E-state index contributed by atoms with van der Waals surface area (Å²) in [7, 11) is 4.02. The molecule has 0 aliphatic carbocycles. The van der Waals surface area contributed by atoms with Crippen molar-refractivity contribution in [1.29, 1.82) is 0 Å². The van der Waals surface area contributed by atoms with Crippen molar-refractivity contribution >= 4 is 17.1 Å². The molecular weight excluding hydrogens is 286 g/mol. The third-order valence-corrected chi connectivity index (χ3v) is 3.56. The molecule has 0 aliphatic rings. The number of aromatic hydroxyl groups is 1. The lowest BCUT2D eigenvalue weighted by atomic mass is 10.0. The van der Waals surface area contributed by atoms with E-state index in [-0.39, 0.29) is 5.75 Å². The van der Waals surface area contributed by atoms with Crippen molar-refractivity contribution in [3.63, 3.8) is 0 Å². The fraction of sp³-hybridized carbons (Fsp3) is 0.105. The average molecular weight is 305 g/mol. The molecule has 3 aromatic rings. The first-order valence-corrected chi connectivity index (χ1v) is 7.41. The van der Waals surface area contributed by atoms with E-state index in [9.17, 15) is 5.11 Å². The van der Waals surface area contributed by atoms with E-state index in [4.69, 9.17) is 0 Å². The standard InChI is InChI=1S/C19H19N3O/c1-22(2)19-8-4-3-7-18(19)14-10-16(12-17(23)11-14)21-15-6-5-9-20-13-15/h3-13,21,23H,1-2H3. The van der Waals surface area contributed by atoms with Crippen molar-refractivity contribution in [2.24, 2.45) is 0 Å². The Bertz CT molecular complexity index is 801. The van der Waals surface area contributed by atoms with Gasteiger partial charge in [-0.3, -0.25) is 4.98 Å². The zero-order valence-corrected chi connectivity index (χ0v) is 13.2. The summed E-state index contributed by atoms with van der Waals surface area (Å²) in [6.45, 7) is 0. The molecule has 1 heterocycles. The van der Waals surface area contributed by atoms with Crippen molar-refractivity contribution in [2.75, 3.05) is 24.3 Å². The van der Waals surface area contributed by atoms with Gasteiger partial charge in [0.1, 0.15) is 5.75 Å². The predicted molar refractivity (Wildman–Crippen MR) is 95.4 cm³/mol. The van der Waals surface area contributed by atoms with Gasteiger partial charge in [-0.1, -0.05) is 18.2 Å². The lowest BCUT2D eigenvalue weighted by Crippen LogP contribution is -2.09. The normalized spacial score (nSPS) is 10.3. The topological polar surface area (TPSA) is 48.4 Å². The molecule has 2 aromatic carbocycles. The van der Waals surface area contributed by atoms with E-state index in [0.29, 0.717) is 0 Å². The highest BCUT2D eigenvalue weighted by Gasteiger charge is 2.09. The molecule has 0 atom stereocenters. The number of rotatable bonds is 4. The minimum Gasteiger partial charge on any atom is -0.508 e. The van der Waals surface area contributed by atoms with Gasteiger partial charge in [-0.25, -0.2) is 0 Å². The summed E-state index contributed by atoms with van der Waals surface area (Å²) in [4.78, 5) is 6.15. The number of phenolic OH excluding ortho intramolecular Hbond substituents is 1. The van der Waals surface area contributed by atoms with Gasteiger partial charge in [0.2, 0.25) is 0 Å². The van der Waals surface area contributed by atoms with Gasteiger partial charge in [0, 0.05) is 43.3 Å². The number of hydrogen-bond acceptors (Lipinski definition) is 4. The lowest BCUT2D eigenvalue weighted by Gasteiger charge is -2.18. The summed E-state index contributed by atoms with van der Waals surface area (Å²) in [5.41, 5.74) is 4.83. The third-order valence-electron chi connectivity index (χ3n) is 3.56. The number of nitrogens with one attached hydrogen (secondary N) is 1. The largest absolute Gasteiger partial charge is 0.508 e. The molecule has 0 saturated heterocycles. The van der Waals surface area contributed by atoms with Crippen molar-refractivity contribution in [2.45, 2.75) is 0 Å². The van der Waals surface area contributed by atoms with E-state index in [1.165, 1.54) is 0 Å². The van der Waals surface area contributed by atoms with Crippen LogP contribution in [0.1, 0.15) is 0 Å². The highest BCUT2D eigenvalue weighted by atomic mass is 16.3. The van der Waals surface area contributed by atoms with Gasteiger partial charge in [-0.15, -0.1) is 0 Å². The lowest BCUT2D eigenvalue weighted by molar-refractivity contribution is 0.476. The molecule has 0 bridgehead atoms. The Hall–Kier alpha value is -3.01. The Labute approximate surface area is 136 Å². The Kier molecular flexibility index (Phi) is 4.15. The summed E-state index contributed by atoms with van der Waals surface area (Å²) in [5.74, 6) is 0.224. The second-order valence-corrected chi connectivity index (χ2v) is 5.55. The first-order valence-electron chi connectivity index (χ1n) is 7.41. The number of aromatic nitrogens is 1. The summed E-state index contributed by atoms with van der Waals surface area (Å²) in [6.07, 6.45) is 3.48. The highest BCUT2D eigenvalue weighted by Crippen LogP contribution is 2.34. The van der Waals surface area contributed by atoms with E-state index in [2.05, 4.69) is 27.3 Å². The predicted octanol–water partition coefficient (Wildman–Crippen LogP) is 4.26. The van der Waals surface area contributed by atoms with Crippen molar-refractivity contribution in [3.05, 3.63) is 67.0 Å². The molecular formula is C19H19N3O. The van der Waals surface area contributed by atoms with Gasteiger partial charge in [0.05, 0.1) is 11.9 Å². The van der Waals surface area contributed by atoms with Gasteiger partial charge >= 0.3 is 0 Å². The SMILES string of the molecule is CN(C)c1ccccc1-c1cc(O)cc(Nc2cccnc2)c1. The molecule has 23 heavy (non-hydrogen) atoms. The van der Waals surface area contributed by atoms with Crippen molar-refractivity contribution in [3.8, 4) is 16.9 Å². The maximum atomic E-state index is 10.1. The maximum Gasteiger partial charge on any atom is 0.118 e. The van der Waals surface area contributed by atoms with Crippen LogP contribution in [0.2, 0.25) is 0 Å².